The van der Waals surface area contributed by atoms with Crippen molar-refractivity contribution in [2.24, 2.45) is 5.11 Å². The number of rotatable bonds is 3. The second-order valence-corrected chi connectivity index (χ2v) is 2.94. The fourth-order valence-electron chi connectivity index (χ4n) is 1.09. The number of azide groups is 1. The molecule has 0 aromatic heterocycles. The number of ether oxygens (including phenoxy) is 1. The number of methoxy groups -OCH3 is 1. The van der Waals surface area contributed by atoms with E-state index < -0.39 is 5.97 Å². The summed E-state index contributed by atoms with van der Waals surface area (Å²) >= 11 is 0. The van der Waals surface area contributed by atoms with Gasteiger partial charge in [0, 0.05) is 4.91 Å². The van der Waals surface area contributed by atoms with Crippen LogP contribution in [0.15, 0.2) is 35.1 Å². The molecule has 0 aliphatic heterocycles. The predicted molar refractivity (Wildman–Crippen MR) is 60.3 cm³/mol. The van der Waals surface area contributed by atoms with E-state index in [-0.39, 0.29) is 5.70 Å². The molecule has 0 unspecified atom stereocenters. The predicted octanol–water partition coefficient (Wildman–Crippen LogP) is 2.38. The molecule has 17 heavy (non-hydrogen) atoms. The molecule has 0 amide bonds. The molecule has 1 aromatic rings. The average Bonchev–Trinajstić information content (AvgIpc) is 2.38. The quantitative estimate of drug-likeness (QED) is 0.261. The Balaban J connectivity index is 3.09. The lowest BCUT2D eigenvalue weighted by atomic mass is 10.1. The van der Waals surface area contributed by atoms with Crippen LogP contribution in [-0.2, 0) is 9.53 Å². The van der Waals surface area contributed by atoms with Crippen LogP contribution in [-0.4, -0.2) is 13.1 Å². The van der Waals surface area contributed by atoms with E-state index in [1.54, 1.807) is 24.3 Å². The van der Waals surface area contributed by atoms with E-state index in [0.717, 1.165) is 0 Å². The van der Waals surface area contributed by atoms with Gasteiger partial charge in [0.05, 0.1) is 18.7 Å². The fraction of sp³-hybridized carbons (Fsp3) is 0.0909. The number of carbonyl (C=O) groups excluding carboxylic acids is 1. The van der Waals surface area contributed by atoms with Crippen molar-refractivity contribution in [3.63, 3.8) is 0 Å². The second-order valence-electron chi connectivity index (χ2n) is 2.94. The molecule has 0 N–H and O–H groups in total. The molecule has 0 saturated carbocycles. The van der Waals surface area contributed by atoms with E-state index in [1.807, 2.05) is 6.07 Å². The molecule has 84 valence electrons. The maximum atomic E-state index is 11.2. The average molecular weight is 228 g/mol. The van der Waals surface area contributed by atoms with E-state index in [9.17, 15) is 4.79 Å². The van der Waals surface area contributed by atoms with Gasteiger partial charge < -0.3 is 4.74 Å². The Morgan fingerprint density at radius 2 is 2.18 bits per heavy atom. The van der Waals surface area contributed by atoms with Gasteiger partial charge in [-0.15, -0.1) is 0 Å². The molecule has 0 radical (unpaired) electrons. The summed E-state index contributed by atoms with van der Waals surface area (Å²) in [4.78, 5) is 13.8. The monoisotopic (exact) mass is 228 g/mol. The Hall–Kier alpha value is -2.77. The first kappa shape index (κ1) is 12.3. The zero-order chi connectivity index (χ0) is 12.7. The number of carbonyl (C=O) groups is 1. The Kier molecular flexibility index (Phi) is 4.31. The highest BCUT2D eigenvalue weighted by molar-refractivity contribution is 5.93. The Labute approximate surface area is 97.4 Å². The summed E-state index contributed by atoms with van der Waals surface area (Å²) in [5.41, 5.74) is 9.31. The minimum absolute atomic E-state index is 0.139. The molecule has 6 nitrogen and oxygen atoms in total. The second kappa shape index (κ2) is 5.95. The van der Waals surface area contributed by atoms with Gasteiger partial charge in [0.15, 0.2) is 0 Å². The normalized spacial score (nSPS) is 10.0. The molecule has 0 atom stereocenters. The van der Waals surface area contributed by atoms with Gasteiger partial charge >= 0.3 is 5.97 Å². The number of esters is 1. The van der Waals surface area contributed by atoms with Crippen LogP contribution in [0, 0.1) is 11.3 Å². The maximum Gasteiger partial charge on any atom is 0.340 e. The van der Waals surface area contributed by atoms with Crippen molar-refractivity contribution in [1.29, 1.82) is 5.26 Å². The van der Waals surface area contributed by atoms with Crippen molar-refractivity contribution in [2.45, 2.75) is 0 Å². The summed E-state index contributed by atoms with van der Waals surface area (Å²) in [6.07, 6.45) is 1.38. The maximum absolute atomic E-state index is 11.2. The van der Waals surface area contributed by atoms with Gasteiger partial charge in [-0.3, -0.25) is 0 Å². The Bertz CT molecular complexity index is 534. The van der Waals surface area contributed by atoms with Crippen LogP contribution >= 0.6 is 0 Å². The lowest BCUT2D eigenvalue weighted by molar-refractivity contribution is -0.136. The van der Waals surface area contributed by atoms with E-state index in [1.165, 1.54) is 13.2 Å². The van der Waals surface area contributed by atoms with Crippen LogP contribution in [0.3, 0.4) is 0 Å². The standard InChI is InChI=1S/C11H8N4O2/c1-17-11(16)10(14-15-13)6-8-2-4-9(7-12)5-3-8/h2-6H,1H3/b10-6-. The first-order chi connectivity index (χ1) is 8.21. The van der Waals surface area contributed by atoms with Gasteiger partial charge in [0.1, 0.15) is 5.70 Å². The van der Waals surface area contributed by atoms with Crippen molar-refractivity contribution in [3.05, 3.63) is 51.5 Å². The van der Waals surface area contributed by atoms with E-state index in [2.05, 4.69) is 14.8 Å². The molecule has 0 saturated heterocycles. The summed E-state index contributed by atoms with van der Waals surface area (Å²) in [6.45, 7) is 0. The van der Waals surface area contributed by atoms with Crippen molar-refractivity contribution >= 4 is 12.0 Å². The van der Waals surface area contributed by atoms with Crippen molar-refractivity contribution in [1.82, 2.24) is 0 Å². The summed E-state index contributed by atoms with van der Waals surface area (Å²) < 4.78 is 4.46. The first-order valence-corrected chi connectivity index (χ1v) is 4.56. The summed E-state index contributed by atoms with van der Waals surface area (Å²) in [5.74, 6) is -0.716. The zero-order valence-electron chi connectivity index (χ0n) is 8.99. The van der Waals surface area contributed by atoms with Crippen LogP contribution in [0.2, 0.25) is 0 Å². The molecule has 0 fully saturated rings. The first-order valence-electron chi connectivity index (χ1n) is 4.56. The van der Waals surface area contributed by atoms with Crippen molar-refractivity contribution < 1.29 is 9.53 Å². The van der Waals surface area contributed by atoms with Crippen LogP contribution in [0.5, 0.6) is 0 Å². The molecular weight excluding hydrogens is 220 g/mol. The van der Waals surface area contributed by atoms with E-state index in [0.29, 0.717) is 11.1 Å². The van der Waals surface area contributed by atoms with Gasteiger partial charge in [-0.2, -0.15) is 5.26 Å². The van der Waals surface area contributed by atoms with Crippen molar-refractivity contribution in [3.8, 4) is 6.07 Å². The van der Waals surface area contributed by atoms with E-state index in [4.69, 9.17) is 10.8 Å². The molecule has 6 heteroatoms. The highest BCUT2D eigenvalue weighted by Crippen LogP contribution is 2.11. The van der Waals surface area contributed by atoms with E-state index >= 15 is 0 Å². The minimum Gasteiger partial charge on any atom is -0.466 e. The van der Waals surface area contributed by atoms with Gasteiger partial charge in [0.25, 0.3) is 0 Å². The van der Waals surface area contributed by atoms with Gasteiger partial charge in [-0.05, 0) is 29.3 Å². The van der Waals surface area contributed by atoms with Crippen LogP contribution in [0.25, 0.3) is 16.5 Å². The molecule has 0 bridgehead atoms. The third kappa shape index (κ3) is 3.38. The highest BCUT2D eigenvalue weighted by Gasteiger charge is 2.06. The molecular formula is C11H8N4O2. The lowest BCUT2D eigenvalue weighted by Gasteiger charge is -1.98. The molecule has 0 aliphatic rings. The smallest absolute Gasteiger partial charge is 0.340 e. The number of benzene rings is 1. The topological polar surface area (TPSA) is 98.9 Å². The largest absolute Gasteiger partial charge is 0.466 e. The van der Waals surface area contributed by atoms with Crippen LogP contribution in [0.1, 0.15) is 11.1 Å². The zero-order valence-corrected chi connectivity index (χ0v) is 8.99. The molecule has 0 aliphatic carbocycles. The lowest BCUT2D eigenvalue weighted by Crippen LogP contribution is -2.01. The Morgan fingerprint density at radius 1 is 1.53 bits per heavy atom. The van der Waals surface area contributed by atoms with Crippen molar-refractivity contribution in [2.75, 3.05) is 7.11 Å². The summed E-state index contributed by atoms with van der Waals surface area (Å²) in [7, 11) is 1.20. The minimum atomic E-state index is -0.716. The number of nitrogens with zero attached hydrogens (tertiary/aromatic N) is 4. The van der Waals surface area contributed by atoms with Gasteiger partial charge in [0.2, 0.25) is 0 Å². The summed E-state index contributed by atoms with van der Waals surface area (Å²) in [6, 6.07) is 8.43. The number of nitriles is 1. The number of hydrogen-bond donors (Lipinski definition) is 0. The third-order valence-corrected chi connectivity index (χ3v) is 1.89. The summed E-state index contributed by atoms with van der Waals surface area (Å²) in [5, 5.41) is 11.8. The third-order valence-electron chi connectivity index (χ3n) is 1.89. The van der Waals surface area contributed by atoms with Crippen LogP contribution in [0.4, 0.5) is 0 Å². The highest BCUT2D eigenvalue weighted by atomic mass is 16.5. The van der Waals surface area contributed by atoms with Gasteiger partial charge in [-0.1, -0.05) is 17.2 Å². The fourth-order valence-corrected chi connectivity index (χ4v) is 1.09. The molecule has 1 aromatic carbocycles. The molecule has 0 spiro atoms. The number of hydrogen-bond acceptors (Lipinski definition) is 4. The molecule has 1 rings (SSSR count). The van der Waals surface area contributed by atoms with Gasteiger partial charge in [-0.25, -0.2) is 4.79 Å². The van der Waals surface area contributed by atoms with Crippen LogP contribution < -0.4 is 0 Å². The SMILES string of the molecule is COC(=O)/C(=C/c1ccc(C#N)cc1)N=[N+]=[N-]. The molecule has 0 heterocycles. The Morgan fingerprint density at radius 3 is 2.65 bits per heavy atom.